The maximum absolute atomic E-state index is 13.2. The highest BCUT2D eigenvalue weighted by molar-refractivity contribution is 6.30. The van der Waals surface area contributed by atoms with Crippen LogP contribution < -0.4 is 15.4 Å². The summed E-state index contributed by atoms with van der Waals surface area (Å²) in [6.45, 7) is 2.03. The average Bonchev–Trinajstić information content (AvgIpc) is 3.57. The smallest absolute Gasteiger partial charge is 0.239 e. The topological polar surface area (TPSA) is 151 Å². The Balaban J connectivity index is 1.13. The molecule has 0 unspecified atom stereocenters. The molecule has 1 aromatic heterocycles. The first-order valence-corrected chi connectivity index (χ1v) is 14.8. The van der Waals surface area contributed by atoms with Crippen molar-refractivity contribution in [3.05, 3.63) is 99.1 Å². The molecular weight excluding hydrogens is 596 g/mol. The molecule has 2 amide bonds. The van der Waals surface area contributed by atoms with E-state index in [-0.39, 0.29) is 36.3 Å². The van der Waals surface area contributed by atoms with Gasteiger partial charge >= 0.3 is 0 Å². The zero-order chi connectivity index (χ0) is 31.7. The Labute approximate surface area is 264 Å². The first-order valence-electron chi connectivity index (χ1n) is 14.4. The van der Waals surface area contributed by atoms with Crippen molar-refractivity contribution in [2.75, 3.05) is 20.2 Å². The Kier molecular flexibility index (Phi) is 8.27. The van der Waals surface area contributed by atoms with Crippen LogP contribution in [-0.4, -0.2) is 62.7 Å². The van der Waals surface area contributed by atoms with Crippen LogP contribution in [0.2, 0.25) is 5.02 Å². The third-order valence-corrected chi connectivity index (χ3v) is 8.11. The standard InChI is InChI=1S/C33H31ClN6O5/c1-18-38-39-33-26(37-32(20-3-5-23(34)6-4-20)25-15-24(45-2)7-8-27(25)40(18)33)16-30(43)36-17-31(44)35-10-9-19-11-21-13-28(41)29(42)14-22(21)12-19/h3-8,11,13-15,26,41-42H,9-10,12,16-17H2,1-2H3,(H,35,44)(H,36,43)/t26-/m0/s1. The molecule has 1 aliphatic heterocycles. The quantitative estimate of drug-likeness (QED) is 0.203. The number of carbonyl (C=O) groups excluding carboxylic acids is 2. The van der Waals surface area contributed by atoms with E-state index in [1.54, 1.807) is 25.3 Å². The zero-order valence-corrected chi connectivity index (χ0v) is 25.4. The molecule has 230 valence electrons. The summed E-state index contributed by atoms with van der Waals surface area (Å²) >= 11 is 6.17. The average molecular weight is 627 g/mol. The molecule has 0 spiro atoms. The molecule has 1 aliphatic carbocycles. The fourth-order valence-electron chi connectivity index (χ4n) is 5.63. The number of phenols is 2. The van der Waals surface area contributed by atoms with Crippen LogP contribution in [-0.2, 0) is 16.0 Å². The lowest BCUT2D eigenvalue weighted by Gasteiger charge is -2.14. The van der Waals surface area contributed by atoms with E-state index < -0.39 is 6.04 Å². The molecule has 0 saturated heterocycles. The maximum Gasteiger partial charge on any atom is 0.239 e. The van der Waals surface area contributed by atoms with Gasteiger partial charge in [-0.25, -0.2) is 0 Å². The van der Waals surface area contributed by atoms with E-state index in [4.69, 9.17) is 21.3 Å². The van der Waals surface area contributed by atoms with Crippen molar-refractivity contribution in [3.63, 3.8) is 0 Å². The largest absolute Gasteiger partial charge is 0.504 e. The van der Waals surface area contributed by atoms with Crippen molar-refractivity contribution in [1.82, 2.24) is 25.4 Å². The van der Waals surface area contributed by atoms with Crippen LogP contribution in [0.5, 0.6) is 17.2 Å². The number of halogens is 1. The first-order chi connectivity index (χ1) is 21.7. The Morgan fingerprint density at radius 2 is 1.80 bits per heavy atom. The summed E-state index contributed by atoms with van der Waals surface area (Å²) in [6.07, 6.45) is 3.12. The number of aromatic nitrogens is 3. The van der Waals surface area contributed by atoms with Crippen LogP contribution in [0.25, 0.3) is 11.8 Å². The molecule has 45 heavy (non-hydrogen) atoms. The number of hydrogen-bond acceptors (Lipinski definition) is 8. The third kappa shape index (κ3) is 6.25. The number of rotatable bonds is 9. The zero-order valence-electron chi connectivity index (χ0n) is 24.7. The summed E-state index contributed by atoms with van der Waals surface area (Å²) in [5.41, 5.74) is 5.90. The van der Waals surface area contributed by atoms with Gasteiger partial charge in [-0.05, 0) is 73.4 Å². The molecular formula is C33H31ClN6O5. The number of benzene rings is 3. The highest BCUT2D eigenvalue weighted by Crippen LogP contribution is 2.36. The van der Waals surface area contributed by atoms with Gasteiger partial charge in [0.25, 0.3) is 0 Å². The number of aromatic hydroxyl groups is 2. The van der Waals surface area contributed by atoms with Gasteiger partial charge in [-0.3, -0.25) is 19.1 Å². The second kappa shape index (κ2) is 12.4. The molecule has 0 bridgehead atoms. The van der Waals surface area contributed by atoms with Crippen molar-refractivity contribution in [2.45, 2.75) is 32.2 Å². The van der Waals surface area contributed by atoms with Crippen LogP contribution >= 0.6 is 11.6 Å². The van der Waals surface area contributed by atoms with Crippen LogP contribution in [0.4, 0.5) is 0 Å². The molecule has 11 nitrogen and oxygen atoms in total. The van der Waals surface area contributed by atoms with E-state index in [0.717, 1.165) is 33.5 Å². The lowest BCUT2D eigenvalue weighted by atomic mass is 10.00. The molecule has 3 aromatic carbocycles. The number of phenolic OH excluding ortho intramolecular Hbond substituents is 2. The van der Waals surface area contributed by atoms with Crippen LogP contribution in [0, 0.1) is 6.92 Å². The van der Waals surface area contributed by atoms with Gasteiger partial charge in [-0.2, -0.15) is 0 Å². The van der Waals surface area contributed by atoms with Crippen molar-refractivity contribution >= 4 is 35.2 Å². The summed E-state index contributed by atoms with van der Waals surface area (Å²) in [4.78, 5) is 30.8. The van der Waals surface area contributed by atoms with Crippen LogP contribution in [0.15, 0.2) is 65.2 Å². The molecule has 0 fully saturated rings. The lowest BCUT2D eigenvalue weighted by Crippen LogP contribution is -2.37. The summed E-state index contributed by atoms with van der Waals surface area (Å²) in [7, 11) is 1.60. The minimum Gasteiger partial charge on any atom is -0.504 e. The van der Waals surface area contributed by atoms with Crippen LogP contribution in [0.3, 0.4) is 0 Å². The van der Waals surface area contributed by atoms with Crippen molar-refractivity contribution in [2.24, 2.45) is 4.99 Å². The van der Waals surface area contributed by atoms with Gasteiger partial charge in [-0.1, -0.05) is 35.4 Å². The fourth-order valence-corrected chi connectivity index (χ4v) is 5.75. The molecule has 4 N–H and O–H groups in total. The molecule has 0 radical (unpaired) electrons. The monoisotopic (exact) mass is 626 g/mol. The minimum absolute atomic E-state index is 0.0571. The molecule has 1 atom stereocenters. The Morgan fingerprint density at radius 3 is 2.58 bits per heavy atom. The number of ether oxygens (including phenoxy) is 1. The summed E-state index contributed by atoms with van der Waals surface area (Å²) < 4.78 is 7.40. The van der Waals surface area contributed by atoms with Gasteiger partial charge in [-0.15, -0.1) is 10.2 Å². The van der Waals surface area contributed by atoms with Gasteiger partial charge in [0.2, 0.25) is 11.8 Å². The molecule has 2 aliphatic rings. The predicted octanol–water partition coefficient (Wildman–Crippen LogP) is 4.19. The van der Waals surface area contributed by atoms with E-state index in [9.17, 15) is 19.8 Å². The fraction of sp³-hybridized carbons (Fsp3) is 0.242. The number of methoxy groups -OCH3 is 1. The van der Waals surface area contributed by atoms with Gasteiger partial charge in [0, 0.05) is 22.7 Å². The molecule has 0 saturated carbocycles. The number of aryl methyl sites for hydroxylation is 1. The van der Waals surface area contributed by atoms with E-state index in [2.05, 4.69) is 20.8 Å². The summed E-state index contributed by atoms with van der Waals surface area (Å²) in [6, 6.07) is 15.4. The van der Waals surface area contributed by atoms with Gasteiger partial charge in [0.15, 0.2) is 17.3 Å². The Morgan fingerprint density at radius 1 is 1.02 bits per heavy atom. The SMILES string of the molecule is COc1ccc2c(c1)C(c1ccc(Cl)cc1)=N[C@@H](CC(=O)NCC(=O)NCCC1=Cc3cc(O)c(O)cc3C1)c1nnc(C)n1-2. The molecule has 2 heterocycles. The highest BCUT2D eigenvalue weighted by atomic mass is 35.5. The first kappa shape index (κ1) is 29.9. The number of hydrogen-bond donors (Lipinski definition) is 4. The maximum atomic E-state index is 13.2. The number of aliphatic imine (C=N–C) groups is 1. The number of nitrogens with one attached hydrogen (secondary N) is 2. The second-order valence-electron chi connectivity index (χ2n) is 10.9. The lowest BCUT2D eigenvalue weighted by molar-refractivity contribution is -0.126. The van der Waals surface area contributed by atoms with Gasteiger partial charge in [0.1, 0.15) is 17.6 Å². The number of carbonyl (C=O) groups is 2. The highest BCUT2D eigenvalue weighted by Gasteiger charge is 2.30. The molecule has 12 heteroatoms. The number of nitrogens with zero attached hydrogens (tertiary/aromatic N) is 4. The molecule has 6 rings (SSSR count). The van der Waals surface area contributed by atoms with Crippen molar-refractivity contribution in [3.8, 4) is 22.9 Å². The number of amides is 2. The van der Waals surface area contributed by atoms with Crippen molar-refractivity contribution in [1.29, 1.82) is 0 Å². The van der Waals surface area contributed by atoms with E-state index in [1.807, 2.05) is 47.9 Å². The van der Waals surface area contributed by atoms with E-state index in [0.29, 0.717) is 47.5 Å². The second-order valence-corrected chi connectivity index (χ2v) is 11.4. The Hall–Kier alpha value is -5.16. The summed E-state index contributed by atoms with van der Waals surface area (Å²) in [5, 5.41) is 34.3. The number of fused-ring (bicyclic) bond motifs is 4. The van der Waals surface area contributed by atoms with Crippen LogP contribution in [0.1, 0.15) is 52.8 Å². The minimum atomic E-state index is -0.687. The predicted molar refractivity (Wildman–Crippen MR) is 169 cm³/mol. The van der Waals surface area contributed by atoms with E-state index >= 15 is 0 Å². The third-order valence-electron chi connectivity index (χ3n) is 7.86. The van der Waals surface area contributed by atoms with Gasteiger partial charge in [0.05, 0.1) is 31.5 Å². The normalized spacial score (nSPS) is 14.8. The Bertz CT molecular complexity index is 1860. The van der Waals surface area contributed by atoms with Crippen molar-refractivity contribution < 1.29 is 24.5 Å². The summed E-state index contributed by atoms with van der Waals surface area (Å²) in [5.74, 6) is 0.808. The van der Waals surface area contributed by atoms with E-state index in [1.165, 1.54) is 6.07 Å². The van der Waals surface area contributed by atoms with Gasteiger partial charge < -0.3 is 25.6 Å². The molecule has 4 aromatic rings.